The van der Waals surface area contributed by atoms with Crippen LogP contribution in [0.5, 0.6) is 11.5 Å². The van der Waals surface area contributed by atoms with Crippen LogP contribution in [-0.2, 0) is 9.59 Å². The molecule has 0 radical (unpaired) electrons. The summed E-state index contributed by atoms with van der Waals surface area (Å²) in [6.07, 6.45) is -0.0142. The quantitative estimate of drug-likeness (QED) is 0.634. The van der Waals surface area contributed by atoms with Gasteiger partial charge in [0.1, 0.15) is 11.9 Å². The minimum atomic E-state index is -0.716. The maximum Gasteiger partial charge on any atom is 0.251 e. The third-order valence-corrected chi connectivity index (χ3v) is 5.40. The number of anilines is 2. The van der Waals surface area contributed by atoms with Gasteiger partial charge in [0.15, 0.2) is 11.5 Å². The van der Waals surface area contributed by atoms with Crippen LogP contribution in [0.2, 0.25) is 0 Å². The fraction of sp³-hybridized carbons (Fsp3) is 0.261. The van der Waals surface area contributed by atoms with E-state index in [0.717, 1.165) is 28.1 Å². The predicted octanol–water partition coefficient (Wildman–Crippen LogP) is 3.71. The summed E-state index contributed by atoms with van der Waals surface area (Å²) < 4.78 is 12.3. The molecule has 0 fully saturated rings. The van der Waals surface area contributed by atoms with E-state index in [1.165, 1.54) is 0 Å². The van der Waals surface area contributed by atoms with Crippen LogP contribution in [0, 0.1) is 13.8 Å². The summed E-state index contributed by atoms with van der Waals surface area (Å²) in [5.74, 6) is 1.26. The van der Waals surface area contributed by atoms with E-state index >= 15 is 0 Å². The van der Waals surface area contributed by atoms with Gasteiger partial charge in [-0.15, -0.1) is 0 Å². The molecule has 0 bridgehead atoms. The van der Waals surface area contributed by atoms with Crippen molar-refractivity contribution in [1.82, 2.24) is 9.78 Å². The lowest BCUT2D eigenvalue weighted by Gasteiger charge is -2.11. The van der Waals surface area contributed by atoms with Gasteiger partial charge in [-0.3, -0.25) is 9.59 Å². The number of methoxy groups -OCH3 is 2. The Morgan fingerprint density at radius 1 is 1.13 bits per heavy atom. The molecule has 0 aliphatic carbocycles. The Kier molecular flexibility index (Phi) is 5.37. The minimum absolute atomic E-state index is 0.0142. The monoisotopic (exact) mass is 420 g/mol. The van der Waals surface area contributed by atoms with Crippen LogP contribution in [0.25, 0.3) is 11.1 Å². The highest BCUT2D eigenvalue weighted by atomic mass is 16.5. The lowest BCUT2D eigenvalue weighted by molar-refractivity contribution is -0.123. The fourth-order valence-electron chi connectivity index (χ4n) is 3.81. The number of nitrogens with one attached hydrogen (secondary N) is 2. The topological polar surface area (TPSA) is 94.5 Å². The molecule has 3 aromatic rings. The van der Waals surface area contributed by atoms with Crippen molar-refractivity contribution in [1.29, 1.82) is 0 Å². The van der Waals surface area contributed by atoms with Crippen LogP contribution < -0.4 is 20.1 Å². The SMILES string of the molecule is COc1ccc(-c2c(C)nn3c2NC(=O)C3CC(=O)Nc2ccccc2C)cc1OC. The molecule has 1 atom stereocenters. The van der Waals surface area contributed by atoms with Gasteiger partial charge in [-0.25, -0.2) is 4.68 Å². The molecule has 2 heterocycles. The predicted molar refractivity (Wildman–Crippen MR) is 118 cm³/mol. The summed E-state index contributed by atoms with van der Waals surface area (Å²) in [7, 11) is 3.15. The summed E-state index contributed by atoms with van der Waals surface area (Å²) in [6.45, 7) is 3.79. The molecule has 1 unspecified atom stereocenters. The number of carbonyl (C=O) groups excluding carboxylic acids is 2. The molecule has 2 N–H and O–H groups in total. The number of aryl methyl sites for hydroxylation is 2. The highest BCUT2D eigenvalue weighted by molar-refractivity contribution is 6.04. The zero-order valence-electron chi connectivity index (χ0n) is 17.9. The molecule has 1 aliphatic rings. The number of amides is 2. The van der Waals surface area contributed by atoms with Gasteiger partial charge in [0.05, 0.1) is 26.3 Å². The van der Waals surface area contributed by atoms with E-state index in [4.69, 9.17) is 9.47 Å². The van der Waals surface area contributed by atoms with Gasteiger partial charge >= 0.3 is 0 Å². The maximum absolute atomic E-state index is 12.7. The van der Waals surface area contributed by atoms with Crippen molar-refractivity contribution in [3.05, 3.63) is 53.7 Å². The second-order valence-electron chi connectivity index (χ2n) is 7.40. The molecule has 2 aromatic carbocycles. The van der Waals surface area contributed by atoms with E-state index in [-0.39, 0.29) is 18.2 Å². The first-order valence-corrected chi connectivity index (χ1v) is 9.90. The Balaban J connectivity index is 1.62. The molecular weight excluding hydrogens is 396 g/mol. The largest absolute Gasteiger partial charge is 0.493 e. The van der Waals surface area contributed by atoms with Crippen molar-refractivity contribution in [3.8, 4) is 22.6 Å². The number of nitrogens with zero attached hydrogens (tertiary/aromatic N) is 2. The van der Waals surface area contributed by atoms with E-state index in [2.05, 4.69) is 15.7 Å². The molecule has 0 saturated carbocycles. The zero-order valence-corrected chi connectivity index (χ0v) is 17.9. The number of hydrogen-bond donors (Lipinski definition) is 2. The molecule has 1 aromatic heterocycles. The molecule has 4 rings (SSSR count). The smallest absolute Gasteiger partial charge is 0.251 e. The van der Waals surface area contributed by atoms with Crippen LogP contribution in [0.3, 0.4) is 0 Å². The molecular formula is C23H24N4O4. The zero-order chi connectivity index (χ0) is 22.1. The number of ether oxygens (including phenoxy) is 2. The third-order valence-electron chi connectivity index (χ3n) is 5.40. The Morgan fingerprint density at radius 3 is 2.58 bits per heavy atom. The lowest BCUT2D eigenvalue weighted by atomic mass is 10.1. The van der Waals surface area contributed by atoms with E-state index < -0.39 is 6.04 Å². The van der Waals surface area contributed by atoms with Crippen molar-refractivity contribution in [2.75, 3.05) is 24.9 Å². The van der Waals surface area contributed by atoms with Gasteiger partial charge in [0.2, 0.25) is 5.91 Å². The highest BCUT2D eigenvalue weighted by Crippen LogP contribution is 2.41. The molecule has 31 heavy (non-hydrogen) atoms. The number of rotatable bonds is 6. The van der Waals surface area contributed by atoms with E-state index in [0.29, 0.717) is 17.3 Å². The van der Waals surface area contributed by atoms with Crippen molar-refractivity contribution >= 4 is 23.3 Å². The standard InChI is InChI=1S/C23H24N4O4/c1-13-7-5-6-8-16(13)24-20(28)12-17-23(29)25-22-21(14(2)26-27(17)22)15-9-10-18(30-3)19(11-15)31-4/h5-11,17H,12H2,1-4H3,(H,24,28)(H,25,29). The first-order chi connectivity index (χ1) is 14.9. The summed E-state index contributed by atoms with van der Waals surface area (Å²) in [4.78, 5) is 25.3. The molecule has 160 valence electrons. The maximum atomic E-state index is 12.7. The van der Waals surface area contributed by atoms with Gasteiger partial charge in [0, 0.05) is 11.3 Å². The van der Waals surface area contributed by atoms with Crippen molar-refractivity contribution < 1.29 is 19.1 Å². The van der Waals surface area contributed by atoms with Crippen LogP contribution >= 0.6 is 0 Å². The normalized spacial score (nSPS) is 14.7. The minimum Gasteiger partial charge on any atom is -0.493 e. The second-order valence-corrected chi connectivity index (χ2v) is 7.40. The molecule has 8 nitrogen and oxygen atoms in total. The average molecular weight is 420 g/mol. The van der Waals surface area contributed by atoms with Crippen molar-refractivity contribution in [2.45, 2.75) is 26.3 Å². The number of para-hydroxylation sites is 1. The van der Waals surface area contributed by atoms with E-state index in [1.807, 2.05) is 56.3 Å². The lowest BCUT2D eigenvalue weighted by Crippen LogP contribution is -2.24. The van der Waals surface area contributed by atoms with Crippen LogP contribution in [0.1, 0.15) is 23.7 Å². The average Bonchev–Trinajstić information content (AvgIpc) is 3.22. The molecule has 0 saturated heterocycles. The summed E-state index contributed by atoms with van der Waals surface area (Å²) in [5, 5.41) is 10.3. The highest BCUT2D eigenvalue weighted by Gasteiger charge is 2.36. The van der Waals surface area contributed by atoms with Gasteiger partial charge in [-0.1, -0.05) is 24.3 Å². The molecule has 0 spiro atoms. The summed E-state index contributed by atoms with van der Waals surface area (Å²) in [6, 6.07) is 12.3. The fourth-order valence-corrected chi connectivity index (χ4v) is 3.81. The van der Waals surface area contributed by atoms with Gasteiger partial charge in [-0.05, 0) is 43.2 Å². The second kappa shape index (κ2) is 8.14. The van der Waals surface area contributed by atoms with Crippen LogP contribution in [0.4, 0.5) is 11.5 Å². The molecule has 8 heteroatoms. The van der Waals surface area contributed by atoms with Crippen molar-refractivity contribution in [3.63, 3.8) is 0 Å². The number of benzene rings is 2. The Bertz CT molecular complexity index is 1170. The molecule has 2 amide bonds. The first kappa shape index (κ1) is 20.5. The number of aromatic nitrogens is 2. The van der Waals surface area contributed by atoms with Crippen molar-refractivity contribution in [2.24, 2.45) is 0 Å². The Morgan fingerprint density at radius 2 is 1.87 bits per heavy atom. The van der Waals surface area contributed by atoms with Crippen LogP contribution in [0.15, 0.2) is 42.5 Å². The number of carbonyl (C=O) groups is 2. The van der Waals surface area contributed by atoms with Gasteiger partial charge in [0.25, 0.3) is 5.91 Å². The Hall–Kier alpha value is -3.81. The number of fused-ring (bicyclic) bond motifs is 1. The van der Waals surface area contributed by atoms with Crippen LogP contribution in [-0.4, -0.2) is 35.8 Å². The summed E-state index contributed by atoms with van der Waals surface area (Å²) >= 11 is 0. The number of hydrogen-bond acceptors (Lipinski definition) is 5. The molecule has 1 aliphatic heterocycles. The Labute approximate surface area is 180 Å². The van der Waals surface area contributed by atoms with E-state index in [9.17, 15) is 9.59 Å². The summed E-state index contributed by atoms with van der Waals surface area (Å²) in [5.41, 5.74) is 4.05. The van der Waals surface area contributed by atoms with Gasteiger partial charge in [-0.2, -0.15) is 5.10 Å². The first-order valence-electron chi connectivity index (χ1n) is 9.90. The van der Waals surface area contributed by atoms with E-state index in [1.54, 1.807) is 18.9 Å². The van der Waals surface area contributed by atoms with Gasteiger partial charge < -0.3 is 20.1 Å². The third kappa shape index (κ3) is 3.72.